The average Bonchev–Trinajstić information content (AvgIpc) is 3.28. The van der Waals surface area contributed by atoms with E-state index in [-0.39, 0.29) is 17.2 Å². The number of esters is 1. The van der Waals surface area contributed by atoms with Crippen molar-refractivity contribution in [3.8, 4) is 17.2 Å². The monoisotopic (exact) mass is 661 g/mol. The molecule has 9 nitrogen and oxygen atoms in total. The molecule has 0 radical (unpaired) electrons. The predicted octanol–water partition coefficient (Wildman–Crippen LogP) is 4.97. The van der Waals surface area contributed by atoms with Crippen LogP contribution in [-0.4, -0.2) is 30.2 Å². The van der Waals surface area contributed by atoms with E-state index >= 15 is 0 Å². The third-order valence-electron chi connectivity index (χ3n) is 6.60. The summed E-state index contributed by atoms with van der Waals surface area (Å²) in [4.78, 5) is 44.5. The van der Waals surface area contributed by atoms with E-state index in [4.69, 9.17) is 19.2 Å². The lowest BCUT2D eigenvalue weighted by molar-refractivity contribution is -0.132. The van der Waals surface area contributed by atoms with Gasteiger partial charge in [-0.2, -0.15) is 0 Å². The van der Waals surface area contributed by atoms with Crippen LogP contribution in [-0.2, 0) is 9.59 Å². The SMILES string of the molecule is CCOc1ccc([C@H]2C(C(=O)Nc3ccccc3)=C(C)N=c3s/c(=C\c4cc(Br)c(OC(C)=O)c(OC)c4)c(=O)n32)cc1. The van der Waals surface area contributed by atoms with Crippen molar-refractivity contribution in [1.82, 2.24) is 4.57 Å². The molecule has 1 N–H and O–H groups in total. The molecule has 1 aliphatic rings. The highest BCUT2D eigenvalue weighted by Crippen LogP contribution is 2.37. The van der Waals surface area contributed by atoms with Crippen LogP contribution < -0.4 is 34.4 Å². The zero-order chi connectivity index (χ0) is 30.7. The van der Waals surface area contributed by atoms with E-state index in [1.165, 1.54) is 25.4 Å². The molecule has 3 aromatic carbocycles. The van der Waals surface area contributed by atoms with Crippen molar-refractivity contribution in [3.05, 3.63) is 113 Å². The summed E-state index contributed by atoms with van der Waals surface area (Å²) < 4.78 is 18.8. The van der Waals surface area contributed by atoms with Crippen LogP contribution in [0.25, 0.3) is 6.08 Å². The minimum Gasteiger partial charge on any atom is -0.494 e. The lowest BCUT2D eigenvalue weighted by Gasteiger charge is -2.25. The zero-order valence-corrected chi connectivity index (χ0v) is 26.2. The van der Waals surface area contributed by atoms with Crippen molar-refractivity contribution >= 4 is 50.9 Å². The summed E-state index contributed by atoms with van der Waals surface area (Å²) in [6.45, 7) is 5.50. The smallest absolute Gasteiger partial charge is 0.308 e. The van der Waals surface area contributed by atoms with Gasteiger partial charge >= 0.3 is 5.97 Å². The number of nitrogens with one attached hydrogen (secondary N) is 1. The number of halogens is 1. The molecule has 5 rings (SSSR count). The standard InChI is InChI=1S/C32H28BrN3O6S/c1-5-41-23-13-11-21(12-14-23)28-27(30(38)35-22-9-7-6-8-10-22)18(2)34-32-36(28)31(39)26(43-32)17-20-15-24(33)29(42-19(3)37)25(16-20)40-4/h6-17,28H,5H2,1-4H3,(H,35,38)/b26-17-/t28-/m0/s1. The van der Waals surface area contributed by atoms with Gasteiger partial charge < -0.3 is 19.5 Å². The molecular weight excluding hydrogens is 634 g/mol. The maximum Gasteiger partial charge on any atom is 0.308 e. The number of hydrogen-bond acceptors (Lipinski definition) is 8. The Kier molecular flexibility index (Phi) is 8.93. The van der Waals surface area contributed by atoms with Gasteiger partial charge in [-0.05, 0) is 83.4 Å². The fraction of sp³-hybridized carbons (Fsp3) is 0.188. The Morgan fingerprint density at radius 2 is 1.84 bits per heavy atom. The molecule has 0 unspecified atom stereocenters. The molecule has 11 heteroatoms. The van der Waals surface area contributed by atoms with Crippen LogP contribution in [0.1, 0.15) is 37.9 Å². The van der Waals surface area contributed by atoms with E-state index in [1.807, 2.05) is 49.4 Å². The molecule has 0 spiro atoms. The summed E-state index contributed by atoms with van der Waals surface area (Å²) >= 11 is 4.65. The summed E-state index contributed by atoms with van der Waals surface area (Å²) in [6.07, 6.45) is 1.72. The van der Waals surface area contributed by atoms with Crippen LogP contribution in [0.5, 0.6) is 17.2 Å². The fourth-order valence-electron chi connectivity index (χ4n) is 4.78. The lowest BCUT2D eigenvalue weighted by Crippen LogP contribution is -2.40. The van der Waals surface area contributed by atoms with E-state index in [0.717, 1.165) is 5.56 Å². The Balaban J connectivity index is 1.65. The first kappa shape index (κ1) is 30.0. The second-order valence-corrected chi connectivity index (χ2v) is 11.4. The maximum absolute atomic E-state index is 14.0. The topological polar surface area (TPSA) is 108 Å². The van der Waals surface area contributed by atoms with E-state index < -0.39 is 12.0 Å². The van der Waals surface area contributed by atoms with Gasteiger partial charge in [0.05, 0.1) is 40.0 Å². The highest BCUT2D eigenvalue weighted by atomic mass is 79.9. The molecule has 1 atom stereocenters. The molecule has 43 heavy (non-hydrogen) atoms. The van der Waals surface area contributed by atoms with E-state index in [2.05, 4.69) is 21.2 Å². The Morgan fingerprint density at radius 1 is 1.12 bits per heavy atom. The first-order valence-corrected chi connectivity index (χ1v) is 15.0. The highest BCUT2D eigenvalue weighted by molar-refractivity contribution is 9.10. The van der Waals surface area contributed by atoms with Gasteiger partial charge in [0.1, 0.15) is 5.75 Å². The molecular formula is C32H28BrN3O6S. The van der Waals surface area contributed by atoms with E-state index in [9.17, 15) is 14.4 Å². The average molecular weight is 663 g/mol. The number of hydrogen-bond donors (Lipinski definition) is 1. The summed E-state index contributed by atoms with van der Waals surface area (Å²) in [7, 11) is 1.47. The number of benzene rings is 3. The zero-order valence-electron chi connectivity index (χ0n) is 23.8. The largest absolute Gasteiger partial charge is 0.494 e. The quantitative estimate of drug-likeness (QED) is 0.211. The van der Waals surface area contributed by atoms with Crippen molar-refractivity contribution in [3.63, 3.8) is 0 Å². The van der Waals surface area contributed by atoms with Crippen LogP contribution in [0.3, 0.4) is 0 Å². The number of anilines is 1. The molecule has 1 amide bonds. The number of rotatable bonds is 8. The van der Waals surface area contributed by atoms with Crippen LogP contribution in [0.2, 0.25) is 0 Å². The molecule has 0 saturated carbocycles. The van der Waals surface area contributed by atoms with Crippen LogP contribution in [0.4, 0.5) is 5.69 Å². The molecule has 1 aromatic heterocycles. The van der Waals surface area contributed by atoms with Crippen LogP contribution in [0.15, 0.2) is 92.3 Å². The first-order valence-electron chi connectivity index (χ1n) is 13.4. The van der Waals surface area contributed by atoms with Gasteiger partial charge in [-0.15, -0.1) is 0 Å². The van der Waals surface area contributed by atoms with Crippen molar-refractivity contribution < 1.29 is 23.8 Å². The highest BCUT2D eigenvalue weighted by Gasteiger charge is 2.32. The number of para-hydroxylation sites is 1. The number of nitrogens with zero attached hydrogens (tertiary/aromatic N) is 2. The van der Waals surface area contributed by atoms with Crippen molar-refractivity contribution in [2.24, 2.45) is 4.99 Å². The Hall–Kier alpha value is -4.48. The number of aromatic nitrogens is 1. The van der Waals surface area contributed by atoms with Gasteiger partial charge in [0.25, 0.3) is 11.5 Å². The second-order valence-electron chi connectivity index (χ2n) is 9.53. The molecule has 220 valence electrons. The predicted molar refractivity (Wildman–Crippen MR) is 168 cm³/mol. The third-order valence-corrected chi connectivity index (χ3v) is 8.17. The summed E-state index contributed by atoms with van der Waals surface area (Å²) in [6, 6.07) is 19.2. The van der Waals surface area contributed by atoms with Crippen LogP contribution in [0, 0.1) is 0 Å². The third kappa shape index (κ3) is 6.32. The minimum atomic E-state index is -0.731. The molecule has 2 heterocycles. The molecule has 0 aliphatic carbocycles. The number of carbonyl (C=O) groups excluding carboxylic acids is 2. The van der Waals surface area contributed by atoms with E-state index in [1.54, 1.807) is 41.8 Å². The molecule has 0 fully saturated rings. The summed E-state index contributed by atoms with van der Waals surface area (Å²) in [5, 5.41) is 2.95. The normalized spacial score (nSPS) is 14.5. The Bertz CT molecular complexity index is 1910. The summed E-state index contributed by atoms with van der Waals surface area (Å²) in [5.74, 6) is 0.416. The maximum atomic E-state index is 14.0. The minimum absolute atomic E-state index is 0.244. The lowest BCUT2D eigenvalue weighted by atomic mass is 9.95. The second kappa shape index (κ2) is 12.8. The molecule has 4 aromatic rings. The van der Waals surface area contributed by atoms with Gasteiger partial charge in [0.2, 0.25) is 0 Å². The van der Waals surface area contributed by atoms with Crippen molar-refractivity contribution in [1.29, 1.82) is 0 Å². The van der Waals surface area contributed by atoms with Crippen molar-refractivity contribution in [2.75, 3.05) is 19.0 Å². The number of thiazole rings is 1. The van der Waals surface area contributed by atoms with Crippen LogP contribution >= 0.6 is 27.3 Å². The summed E-state index contributed by atoms with van der Waals surface area (Å²) in [5.41, 5.74) is 2.57. The Morgan fingerprint density at radius 3 is 2.49 bits per heavy atom. The van der Waals surface area contributed by atoms with Crippen molar-refractivity contribution in [2.45, 2.75) is 26.8 Å². The Labute approximate surface area is 259 Å². The first-order chi connectivity index (χ1) is 20.7. The molecule has 1 aliphatic heterocycles. The number of carbonyl (C=O) groups is 2. The number of ether oxygens (including phenoxy) is 3. The van der Waals surface area contributed by atoms with Gasteiger partial charge in [0.15, 0.2) is 16.3 Å². The van der Waals surface area contributed by atoms with Gasteiger partial charge in [-0.1, -0.05) is 41.7 Å². The molecule has 0 saturated heterocycles. The van der Waals surface area contributed by atoms with Gasteiger partial charge in [-0.3, -0.25) is 19.0 Å². The number of fused-ring (bicyclic) bond motifs is 1. The number of amides is 1. The van der Waals surface area contributed by atoms with Gasteiger partial charge in [-0.25, -0.2) is 4.99 Å². The van der Waals surface area contributed by atoms with Gasteiger partial charge in [0, 0.05) is 12.6 Å². The number of allylic oxidation sites excluding steroid dienone is 1. The number of methoxy groups -OCH3 is 1. The fourth-order valence-corrected chi connectivity index (χ4v) is 6.36. The molecule has 0 bridgehead atoms. The van der Waals surface area contributed by atoms with E-state index in [0.29, 0.717) is 54.4 Å².